The molecule has 0 aliphatic carbocycles. The molecular formula is C15H15BrN2OS. The van der Waals surface area contributed by atoms with Crippen LogP contribution in [0, 0.1) is 0 Å². The maximum Gasteiger partial charge on any atom is 0.331 e. The molecule has 0 saturated carbocycles. The second kappa shape index (κ2) is 7.36. The highest BCUT2D eigenvalue weighted by atomic mass is 79.9. The van der Waals surface area contributed by atoms with Gasteiger partial charge in [-0.15, -0.1) is 0 Å². The Balaban J connectivity index is 1.82. The van der Waals surface area contributed by atoms with E-state index in [0.717, 1.165) is 16.6 Å². The van der Waals surface area contributed by atoms with Gasteiger partial charge in [-0.25, -0.2) is 9.10 Å². The molecule has 2 rings (SSSR count). The number of carbonyl (C=O) groups is 1. The molecule has 0 spiro atoms. The van der Waals surface area contributed by atoms with Gasteiger partial charge in [0.05, 0.1) is 5.69 Å². The number of hydrogen-bond acceptors (Lipinski definition) is 2. The minimum atomic E-state index is -0.225. The molecule has 0 atom stereocenters. The lowest BCUT2D eigenvalue weighted by atomic mass is 10.1. The highest BCUT2D eigenvalue weighted by molar-refractivity contribution is 9.10. The van der Waals surface area contributed by atoms with Crippen molar-refractivity contribution in [2.24, 2.45) is 0 Å². The minimum Gasteiger partial charge on any atom is -0.337 e. The Labute approximate surface area is 132 Å². The smallest absolute Gasteiger partial charge is 0.331 e. The summed E-state index contributed by atoms with van der Waals surface area (Å²) in [6.07, 6.45) is 0.787. The van der Waals surface area contributed by atoms with E-state index in [0.29, 0.717) is 6.54 Å². The Morgan fingerprint density at radius 3 is 2.40 bits per heavy atom. The van der Waals surface area contributed by atoms with Crippen LogP contribution in [0.3, 0.4) is 0 Å². The van der Waals surface area contributed by atoms with Crippen LogP contribution in [0.15, 0.2) is 59.1 Å². The van der Waals surface area contributed by atoms with Crippen LogP contribution >= 0.6 is 28.7 Å². The predicted octanol–water partition coefficient (Wildman–Crippen LogP) is 4.05. The lowest BCUT2D eigenvalue weighted by Crippen LogP contribution is -2.35. The first-order valence-corrected chi connectivity index (χ1v) is 7.42. The van der Waals surface area contributed by atoms with Crippen molar-refractivity contribution >= 4 is 40.5 Å². The number of nitrogens with zero attached hydrogens (tertiary/aromatic N) is 1. The van der Waals surface area contributed by atoms with Crippen LogP contribution in [-0.4, -0.2) is 12.6 Å². The second-order valence-electron chi connectivity index (χ2n) is 4.26. The standard InChI is InChI=1S/C15H15BrN2OS/c16-13-8-6-12(7-9-13)10-11-17-15(19)18(20)14-4-2-1-3-5-14/h1-9,20H,10-11H2,(H,17,19). The molecule has 1 N–H and O–H groups in total. The molecule has 0 saturated heterocycles. The van der Waals surface area contributed by atoms with E-state index >= 15 is 0 Å². The lowest BCUT2D eigenvalue weighted by molar-refractivity contribution is 0.250. The van der Waals surface area contributed by atoms with Crippen LogP contribution < -0.4 is 9.62 Å². The van der Waals surface area contributed by atoms with Crippen molar-refractivity contribution in [3.63, 3.8) is 0 Å². The average molecular weight is 351 g/mol. The summed E-state index contributed by atoms with van der Waals surface area (Å²) in [7, 11) is 0. The van der Waals surface area contributed by atoms with Crippen LogP contribution in [0.1, 0.15) is 5.56 Å². The zero-order chi connectivity index (χ0) is 14.4. The molecule has 0 radical (unpaired) electrons. The number of rotatable bonds is 4. The van der Waals surface area contributed by atoms with Gasteiger partial charge in [0.2, 0.25) is 0 Å². The zero-order valence-electron chi connectivity index (χ0n) is 10.8. The minimum absolute atomic E-state index is 0.225. The summed E-state index contributed by atoms with van der Waals surface area (Å²) < 4.78 is 2.36. The van der Waals surface area contributed by atoms with Crippen LogP contribution in [0.5, 0.6) is 0 Å². The number of urea groups is 1. The van der Waals surface area contributed by atoms with Crippen molar-refractivity contribution in [1.82, 2.24) is 5.32 Å². The molecule has 0 unspecified atom stereocenters. The van der Waals surface area contributed by atoms with Gasteiger partial charge in [-0.05, 0) is 36.2 Å². The van der Waals surface area contributed by atoms with Crippen LogP contribution in [0.25, 0.3) is 0 Å². The van der Waals surface area contributed by atoms with Gasteiger partial charge >= 0.3 is 6.03 Å². The topological polar surface area (TPSA) is 32.3 Å². The van der Waals surface area contributed by atoms with Crippen LogP contribution in [0.4, 0.5) is 10.5 Å². The van der Waals surface area contributed by atoms with Crippen molar-refractivity contribution < 1.29 is 4.79 Å². The molecule has 5 heteroatoms. The molecule has 3 nitrogen and oxygen atoms in total. The maximum absolute atomic E-state index is 11.9. The third-order valence-corrected chi connectivity index (χ3v) is 3.74. The summed E-state index contributed by atoms with van der Waals surface area (Å²) in [5, 5.41) is 2.84. The number of anilines is 1. The summed E-state index contributed by atoms with van der Waals surface area (Å²) in [6, 6.07) is 17.1. The molecule has 104 valence electrons. The van der Waals surface area contributed by atoms with E-state index in [1.165, 1.54) is 9.87 Å². The first-order chi connectivity index (χ1) is 9.66. The molecular weight excluding hydrogens is 336 g/mol. The van der Waals surface area contributed by atoms with Gasteiger partial charge in [0, 0.05) is 11.0 Å². The number of carbonyl (C=O) groups excluding carboxylic acids is 1. The first kappa shape index (κ1) is 14.9. The number of nitrogens with one attached hydrogen (secondary N) is 1. The van der Waals surface area contributed by atoms with E-state index < -0.39 is 0 Å². The Morgan fingerprint density at radius 1 is 1.10 bits per heavy atom. The monoisotopic (exact) mass is 350 g/mol. The van der Waals surface area contributed by atoms with Gasteiger partial charge in [0.1, 0.15) is 0 Å². The average Bonchev–Trinajstić information content (AvgIpc) is 2.49. The van der Waals surface area contributed by atoms with Crippen LogP contribution in [0.2, 0.25) is 0 Å². The van der Waals surface area contributed by atoms with E-state index in [4.69, 9.17) is 0 Å². The van der Waals surface area contributed by atoms with E-state index in [-0.39, 0.29) is 6.03 Å². The lowest BCUT2D eigenvalue weighted by Gasteiger charge is -2.16. The molecule has 0 aromatic heterocycles. The van der Waals surface area contributed by atoms with E-state index in [1.807, 2.05) is 54.6 Å². The van der Waals surface area contributed by atoms with Crippen molar-refractivity contribution in [1.29, 1.82) is 0 Å². The highest BCUT2D eigenvalue weighted by Crippen LogP contribution is 2.15. The van der Waals surface area contributed by atoms with Gasteiger partial charge in [0.25, 0.3) is 0 Å². The molecule has 0 fully saturated rings. The Bertz CT molecular complexity index is 560. The van der Waals surface area contributed by atoms with E-state index in [1.54, 1.807) is 0 Å². The number of hydrogen-bond donors (Lipinski definition) is 2. The molecule has 2 aromatic carbocycles. The third kappa shape index (κ3) is 4.28. The number of thiol groups is 1. The quantitative estimate of drug-likeness (QED) is 0.801. The molecule has 0 bridgehead atoms. The van der Waals surface area contributed by atoms with Crippen molar-refractivity contribution in [2.75, 3.05) is 10.8 Å². The fraction of sp³-hybridized carbons (Fsp3) is 0.133. The number of amides is 2. The molecule has 2 amide bonds. The van der Waals surface area contributed by atoms with Crippen LogP contribution in [-0.2, 0) is 6.42 Å². The SMILES string of the molecule is O=C(NCCc1ccc(Br)cc1)N(S)c1ccccc1. The molecule has 20 heavy (non-hydrogen) atoms. The number of para-hydroxylation sites is 1. The summed E-state index contributed by atoms with van der Waals surface area (Å²) in [5.41, 5.74) is 1.93. The van der Waals surface area contributed by atoms with Gasteiger partial charge in [-0.3, -0.25) is 0 Å². The summed E-state index contributed by atoms with van der Waals surface area (Å²) >= 11 is 7.60. The fourth-order valence-corrected chi connectivity index (χ4v) is 2.19. The molecule has 0 aliphatic heterocycles. The van der Waals surface area contributed by atoms with Gasteiger partial charge < -0.3 is 5.32 Å². The normalized spacial score (nSPS) is 10.1. The van der Waals surface area contributed by atoms with Gasteiger partial charge in [-0.2, -0.15) is 0 Å². The molecule has 0 aliphatic rings. The van der Waals surface area contributed by atoms with Crippen molar-refractivity contribution in [2.45, 2.75) is 6.42 Å². The number of halogens is 1. The largest absolute Gasteiger partial charge is 0.337 e. The van der Waals surface area contributed by atoms with E-state index in [2.05, 4.69) is 34.1 Å². The van der Waals surface area contributed by atoms with Crippen molar-refractivity contribution in [3.05, 3.63) is 64.6 Å². The van der Waals surface area contributed by atoms with Gasteiger partial charge in [0.15, 0.2) is 0 Å². The Hall–Kier alpha value is -1.46. The second-order valence-corrected chi connectivity index (χ2v) is 5.57. The fourth-order valence-electron chi connectivity index (χ4n) is 1.73. The summed E-state index contributed by atoms with van der Waals surface area (Å²) in [5.74, 6) is 0. The highest BCUT2D eigenvalue weighted by Gasteiger charge is 2.10. The first-order valence-electron chi connectivity index (χ1n) is 6.23. The predicted molar refractivity (Wildman–Crippen MR) is 89.2 cm³/mol. The zero-order valence-corrected chi connectivity index (χ0v) is 13.3. The third-order valence-electron chi connectivity index (χ3n) is 2.80. The van der Waals surface area contributed by atoms with Crippen molar-refractivity contribution in [3.8, 4) is 0 Å². The number of benzene rings is 2. The maximum atomic E-state index is 11.9. The van der Waals surface area contributed by atoms with Gasteiger partial charge in [-0.1, -0.05) is 59.1 Å². The van der Waals surface area contributed by atoms with E-state index in [9.17, 15) is 4.79 Å². The summed E-state index contributed by atoms with van der Waals surface area (Å²) in [6.45, 7) is 0.574. The summed E-state index contributed by atoms with van der Waals surface area (Å²) in [4.78, 5) is 11.9. The molecule has 0 heterocycles. The molecule has 2 aromatic rings. The Kier molecular flexibility index (Phi) is 5.49. The Morgan fingerprint density at radius 2 is 1.75 bits per heavy atom.